The minimum atomic E-state index is -4.85. The number of methoxy groups -OCH3 is 4. The van der Waals surface area contributed by atoms with Crippen molar-refractivity contribution < 1.29 is 85.5 Å². The average molecular weight is 723 g/mol. The smallest absolute Gasteiger partial charge is 1.00 e. The van der Waals surface area contributed by atoms with Crippen LogP contribution in [0.4, 0.5) is 11.4 Å². The van der Waals surface area contributed by atoms with Crippen LogP contribution in [-0.2, 0) is 20.2 Å². The number of anilines is 2. The van der Waals surface area contributed by atoms with Crippen molar-refractivity contribution in [1.29, 1.82) is 0 Å². The van der Waals surface area contributed by atoms with Gasteiger partial charge in [0.05, 0.1) is 39.6 Å². The Morgan fingerprint density at radius 1 is 0.592 bits per heavy atom. The molecule has 0 bridgehead atoms. The van der Waals surface area contributed by atoms with Crippen molar-refractivity contribution in [2.24, 2.45) is 0 Å². The van der Waals surface area contributed by atoms with Crippen LogP contribution in [0.1, 0.15) is 33.3 Å². The molecule has 0 saturated carbocycles. The van der Waals surface area contributed by atoms with Gasteiger partial charge in [0, 0.05) is 23.5 Å². The predicted molar refractivity (Wildman–Crippen MR) is 178 cm³/mol. The van der Waals surface area contributed by atoms with Crippen LogP contribution in [0.15, 0.2) is 82.6 Å². The van der Waals surface area contributed by atoms with Crippen molar-refractivity contribution >= 4 is 55.6 Å². The van der Waals surface area contributed by atoms with Crippen LogP contribution in [0, 0.1) is 0 Å². The number of hydrogen-bond donors (Lipinski definition) is 4. The first-order valence-electron chi connectivity index (χ1n) is 13.7. The summed E-state index contributed by atoms with van der Waals surface area (Å²) < 4.78 is 89.8. The van der Waals surface area contributed by atoms with Gasteiger partial charge in [0.1, 0.15) is 32.8 Å². The van der Waals surface area contributed by atoms with Crippen LogP contribution >= 0.6 is 0 Å². The zero-order chi connectivity index (χ0) is 35.2. The quantitative estimate of drug-likeness (QED) is 0.0943. The molecule has 0 heterocycles. The summed E-state index contributed by atoms with van der Waals surface area (Å²) in [6.07, 6.45) is 2.37. The molecule has 4 aromatic rings. The van der Waals surface area contributed by atoms with Crippen LogP contribution in [0.5, 0.6) is 23.0 Å². The van der Waals surface area contributed by atoms with Gasteiger partial charge in [-0.1, -0.05) is 24.3 Å². The van der Waals surface area contributed by atoms with Crippen LogP contribution in [0.25, 0.3) is 12.2 Å². The third-order valence-electron chi connectivity index (χ3n) is 6.85. The maximum absolute atomic E-state index is 12.9. The summed E-state index contributed by atoms with van der Waals surface area (Å²) in [7, 11) is -4.09. The van der Waals surface area contributed by atoms with Crippen LogP contribution in [0.2, 0.25) is 0 Å². The van der Waals surface area contributed by atoms with E-state index >= 15 is 0 Å². The molecule has 0 fully saturated rings. The van der Waals surface area contributed by atoms with Crippen molar-refractivity contribution in [3.8, 4) is 23.0 Å². The first-order chi connectivity index (χ1) is 22.7. The van der Waals surface area contributed by atoms with E-state index in [0.717, 1.165) is 12.1 Å². The van der Waals surface area contributed by atoms with Crippen molar-refractivity contribution in [2.45, 2.75) is 9.79 Å². The van der Waals surface area contributed by atoms with Gasteiger partial charge in [-0.25, -0.2) is 0 Å². The number of carbonyl (C=O) groups excluding carboxylic acids is 2. The largest absolute Gasteiger partial charge is 1.00 e. The fourth-order valence-corrected chi connectivity index (χ4v) is 5.91. The van der Waals surface area contributed by atoms with Crippen LogP contribution in [-0.4, -0.2) is 66.2 Å². The first kappa shape index (κ1) is 39.0. The minimum Gasteiger partial charge on any atom is -1.00 e. The molecule has 0 unspecified atom stereocenters. The fourth-order valence-electron chi connectivity index (χ4n) is 4.50. The molecule has 0 aromatic heterocycles. The second kappa shape index (κ2) is 16.3. The molecule has 0 saturated heterocycles. The molecule has 49 heavy (non-hydrogen) atoms. The predicted octanol–water partition coefficient (Wildman–Crippen LogP) is 2.01. The third kappa shape index (κ3) is 9.60. The summed E-state index contributed by atoms with van der Waals surface area (Å²) in [6, 6.07) is 16.2. The van der Waals surface area contributed by atoms with Gasteiger partial charge in [0.25, 0.3) is 32.1 Å². The van der Waals surface area contributed by atoms with Gasteiger partial charge >= 0.3 is 29.6 Å². The fraction of sp³-hybridized carbons (Fsp3) is 0.125. The monoisotopic (exact) mass is 722 g/mol. The van der Waals surface area contributed by atoms with Gasteiger partial charge in [0.15, 0.2) is 0 Å². The standard InChI is InChI=1S/C32H30N2O12S2.Na.H/c1-43-23-11-13-25(27(17-23)45-3)31(35)33-21-9-7-19(29(15-21)47(37,38)39)5-6-20-8-10-22(16-30(20)48(40,41)42)34-32(36)26-14-12-24(44-2)18-28(26)46-4;;/h5-18H,1-4H3,(H,33,35)(H,34,36)(H,37,38,39)(H,40,41,42);;/q;+1;-1. The molecule has 4 rings (SSSR count). The van der Waals surface area contributed by atoms with E-state index in [1.165, 1.54) is 101 Å². The Balaban J connectivity index is 0.00000433. The summed E-state index contributed by atoms with van der Waals surface area (Å²) in [4.78, 5) is 24.7. The summed E-state index contributed by atoms with van der Waals surface area (Å²) in [6.45, 7) is 0. The molecule has 0 aliphatic heterocycles. The molecule has 4 N–H and O–H groups in total. The van der Waals surface area contributed by atoms with Gasteiger partial charge in [-0.2, -0.15) is 16.8 Å². The van der Waals surface area contributed by atoms with Crippen molar-refractivity contribution in [1.82, 2.24) is 0 Å². The molecule has 17 heteroatoms. The van der Waals surface area contributed by atoms with Gasteiger partial charge in [-0.05, 0) is 59.7 Å². The van der Waals surface area contributed by atoms with Gasteiger partial charge < -0.3 is 31.0 Å². The Kier molecular flexibility index (Phi) is 13.0. The Morgan fingerprint density at radius 2 is 0.959 bits per heavy atom. The van der Waals surface area contributed by atoms with E-state index in [0.29, 0.717) is 11.5 Å². The molecule has 254 valence electrons. The number of rotatable bonds is 12. The maximum Gasteiger partial charge on any atom is 1.00 e. The SMILES string of the molecule is COc1ccc(C(=O)Nc2ccc(C=Cc3ccc(NC(=O)c4ccc(OC)cc4OC)cc3S(=O)(=O)O)c(S(=O)(=O)O)c2)c(OC)c1.[H-].[Na+]. The number of hydrogen-bond acceptors (Lipinski definition) is 10. The van der Waals surface area contributed by atoms with Crippen molar-refractivity contribution in [3.05, 3.63) is 95.1 Å². The van der Waals surface area contributed by atoms with Gasteiger partial charge in [-0.15, -0.1) is 0 Å². The van der Waals surface area contributed by atoms with Crippen molar-refractivity contribution in [3.63, 3.8) is 0 Å². The van der Waals surface area contributed by atoms with E-state index < -0.39 is 41.8 Å². The van der Waals surface area contributed by atoms with E-state index in [9.17, 15) is 35.5 Å². The normalized spacial score (nSPS) is 11.3. The van der Waals surface area contributed by atoms with E-state index in [4.69, 9.17) is 18.9 Å². The molecule has 0 aliphatic carbocycles. The molecule has 4 aromatic carbocycles. The van der Waals surface area contributed by atoms with Crippen LogP contribution in [0.3, 0.4) is 0 Å². The number of nitrogens with one attached hydrogen (secondary N) is 2. The van der Waals surface area contributed by atoms with Crippen LogP contribution < -0.4 is 59.1 Å². The zero-order valence-corrected chi connectivity index (χ0v) is 30.5. The maximum atomic E-state index is 12.9. The average Bonchev–Trinajstić information content (AvgIpc) is 3.06. The number of carbonyl (C=O) groups is 2. The molecule has 0 aliphatic rings. The summed E-state index contributed by atoms with van der Waals surface area (Å²) in [5, 5.41) is 5.08. The van der Waals surface area contributed by atoms with E-state index in [-0.39, 0.29) is 76.1 Å². The Morgan fingerprint density at radius 3 is 1.27 bits per heavy atom. The molecule has 2 amide bonds. The van der Waals surface area contributed by atoms with E-state index in [1.807, 2.05) is 0 Å². The third-order valence-corrected chi connectivity index (χ3v) is 8.67. The van der Waals surface area contributed by atoms with Gasteiger partial charge in [0.2, 0.25) is 0 Å². The molecular formula is C32H31N2NaO12S2. The summed E-state index contributed by atoms with van der Waals surface area (Å²) >= 11 is 0. The summed E-state index contributed by atoms with van der Waals surface area (Å²) in [5.74, 6) is -0.00823. The minimum absolute atomic E-state index is 0. The van der Waals surface area contributed by atoms with Gasteiger partial charge in [-0.3, -0.25) is 18.7 Å². The van der Waals surface area contributed by atoms with E-state index in [2.05, 4.69) is 10.6 Å². The van der Waals surface area contributed by atoms with E-state index in [1.54, 1.807) is 0 Å². The molecule has 14 nitrogen and oxygen atoms in total. The molecule has 0 radical (unpaired) electrons. The Bertz CT molecular complexity index is 1990. The number of amides is 2. The first-order valence-corrected chi connectivity index (χ1v) is 16.5. The number of ether oxygens (including phenoxy) is 4. The topological polar surface area (TPSA) is 204 Å². The molecule has 0 spiro atoms. The number of benzene rings is 4. The second-order valence-electron chi connectivity index (χ2n) is 9.83. The summed E-state index contributed by atoms with van der Waals surface area (Å²) in [5.41, 5.74) is 0.0997. The zero-order valence-electron chi connectivity index (χ0n) is 27.9. The second-order valence-corrected chi connectivity index (χ2v) is 12.6. The Hall–Kier alpha value is -4.42. The molecular weight excluding hydrogens is 691 g/mol. The van der Waals surface area contributed by atoms with Crippen molar-refractivity contribution in [2.75, 3.05) is 39.1 Å². The molecule has 0 atom stereocenters. The Labute approximate surface area is 306 Å².